The molecule has 2 aromatic carbocycles. The third-order valence-electron chi connectivity index (χ3n) is 3.79. The summed E-state index contributed by atoms with van der Waals surface area (Å²) in [7, 11) is 1.97. The maximum Gasteiger partial charge on any atom is 0.323 e. The van der Waals surface area contributed by atoms with Crippen molar-refractivity contribution in [2.75, 3.05) is 10.6 Å². The summed E-state index contributed by atoms with van der Waals surface area (Å²) < 4.78 is 2.00. The summed E-state index contributed by atoms with van der Waals surface area (Å²) in [4.78, 5) is 12.3. The highest BCUT2D eigenvalue weighted by molar-refractivity contribution is 6.06. The number of hydrogen-bond donors (Lipinski definition) is 2. The van der Waals surface area contributed by atoms with Crippen LogP contribution in [0, 0.1) is 0 Å². The van der Waals surface area contributed by atoms with Crippen molar-refractivity contribution in [1.82, 2.24) is 4.57 Å². The molecule has 1 heterocycles. The number of rotatable bonds is 3. The lowest BCUT2D eigenvalue weighted by Crippen LogP contribution is -2.20. The van der Waals surface area contributed by atoms with Crippen LogP contribution in [-0.2, 0) is 13.5 Å². The SMILES string of the molecule is CCc1ccccc1NC(=O)Nc1cn(C)c2ccccc12. The van der Waals surface area contributed by atoms with Crippen molar-refractivity contribution in [2.24, 2.45) is 7.05 Å². The van der Waals surface area contributed by atoms with Crippen LogP contribution >= 0.6 is 0 Å². The molecule has 0 fully saturated rings. The Kier molecular flexibility index (Phi) is 3.83. The Labute approximate surface area is 129 Å². The second kappa shape index (κ2) is 5.93. The van der Waals surface area contributed by atoms with Gasteiger partial charge in [-0.1, -0.05) is 43.3 Å². The summed E-state index contributed by atoms with van der Waals surface area (Å²) >= 11 is 0. The van der Waals surface area contributed by atoms with E-state index >= 15 is 0 Å². The minimum Gasteiger partial charge on any atom is -0.348 e. The zero-order valence-electron chi connectivity index (χ0n) is 12.8. The van der Waals surface area contributed by atoms with Gasteiger partial charge in [0.2, 0.25) is 0 Å². The molecule has 0 aliphatic heterocycles. The van der Waals surface area contributed by atoms with Crippen molar-refractivity contribution in [2.45, 2.75) is 13.3 Å². The Morgan fingerprint density at radius 1 is 1.00 bits per heavy atom. The van der Waals surface area contributed by atoms with Gasteiger partial charge in [0.05, 0.1) is 5.69 Å². The topological polar surface area (TPSA) is 46.1 Å². The lowest BCUT2D eigenvalue weighted by atomic mass is 10.1. The predicted molar refractivity (Wildman–Crippen MR) is 91.4 cm³/mol. The average molecular weight is 293 g/mol. The quantitative estimate of drug-likeness (QED) is 0.739. The molecule has 0 aliphatic carbocycles. The molecule has 0 saturated carbocycles. The van der Waals surface area contributed by atoms with Crippen LogP contribution in [0.4, 0.5) is 16.2 Å². The van der Waals surface area contributed by atoms with Gasteiger partial charge in [0, 0.05) is 29.8 Å². The number of hydrogen-bond acceptors (Lipinski definition) is 1. The van der Waals surface area contributed by atoms with Crippen molar-refractivity contribution in [3.8, 4) is 0 Å². The van der Waals surface area contributed by atoms with Crippen molar-refractivity contribution in [1.29, 1.82) is 0 Å². The fraction of sp³-hybridized carbons (Fsp3) is 0.167. The largest absolute Gasteiger partial charge is 0.348 e. The number of benzene rings is 2. The summed E-state index contributed by atoms with van der Waals surface area (Å²) in [5.74, 6) is 0. The summed E-state index contributed by atoms with van der Waals surface area (Å²) in [5.41, 5.74) is 3.87. The molecule has 112 valence electrons. The number of nitrogens with zero attached hydrogens (tertiary/aromatic N) is 1. The molecule has 4 heteroatoms. The normalized spacial score (nSPS) is 10.6. The Bertz CT molecular complexity index is 820. The number of para-hydroxylation sites is 2. The Morgan fingerprint density at radius 3 is 2.50 bits per heavy atom. The van der Waals surface area contributed by atoms with E-state index in [1.54, 1.807) is 0 Å². The molecule has 0 atom stereocenters. The van der Waals surface area contributed by atoms with E-state index < -0.39 is 0 Å². The number of anilines is 2. The highest BCUT2D eigenvalue weighted by Crippen LogP contribution is 2.25. The van der Waals surface area contributed by atoms with Gasteiger partial charge >= 0.3 is 6.03 Å². The van der Waals surface area contributed by atoms with E-state index in [2.05, 4.69) is 17.6 Å². The van der Waals surface area contributed by atoms with Gasteiger partial charge in [-0.05, 0) is 24.1 Å². The molecule has 22 heavy (non-hydrogen) atoms. The van der Waals surface area contributed by atoms with Gasteiger partial charge < -0.3 is 15.2 Å². The van der Waals surface area contributed by atoms with E-state index in [-0.39, 0.29) is 6.03 Å². The number of carbonyl (C=O) groups is 1. The smallest absolute Gasteiger partial charge is 0.323 e. The Hall–Kier alpha value is -2.75. The van der Waals surface area contributed by atoms with Gasteiger partial charge in [0.1, 0.15) is 0 Å². The van der Waals surface area contributed by atoms with Crippen LogP contribution in [0.3, 0.4) is 0 Å². The van der Waals surface area contributed by atoms with Gasteiger partial charge in [-0.2, -0.15) is 0 Å². The lowest BCUT2D eigenvalue weighted by molar-refractivity contribution is 0.262. The van der Waals surface area contributed by atoms with E-state index in [4.69, 9.17) is 0 Å². The standard InChI is InChI=1S/C18H19N3O/c1-3-13-8-4-6-10-15(13)19-18(22)20-16-12-21(2)17-11-7-5-9-14(16)17/h4-12H,3H2,1-2H3,(H2,19,20,22). The van der Waals surface area contributed by atoms with Crippen LogP contribution < -0.4 is 10.6 Å². The zero-order valence-corrected chi connectivity index (χ0v) is 12.8. The summed E-state index contributed by atoms with van der Waals surface area (Å²) in [5, 5.41) is 6.89. The molecule has 4 nitrogen and oxygen atoms in total. The molecule has 3 aromatic rings. The lowest BCUT2D eigenvalue weighted by Gasteiger charge is -2.10. The number of carbonyl (C=O) groups excluding carboxylic acids is 1. The van der Waals surface area contributed by atoms with Crippen LogP contribution in [0.15, 0.2) is 54.7 Å². The maximum atomic E-state index is 12.3. The summed E-state index contributed by atoms with van der Waals surface area (Å²) in [6.45, 7) is 2.07. The average Bonchev–Trinajstić information content (AvgIpc) is 2.84. The third kappa shape index (κ3) is 2.68. The van der Waals surface area contributed by atoms with Crippen molar-refractivity contribution in [3.63, 3.8) is 0 Å². The van der Waals surface area contributed by atoms with Gasteiger partial charge in [-0.15, -0.1) is 0 Å². The minimum atomic E-state index is -0.225. The first-order chi connectivity index (χ1) is 10.7. The second-order valence-corrected chi connectivity index (χ2v) is 5.26. The zero-order chi connectivity index (χ0) is 15.5. The summed E-state index contributed by atoms with van der Waals surface area (Å²) in [6, 6.07) is 15.6. The van der Waals surface area contributed by atoms with Crippen LogP contribution in [0.5, 0.6) is 0 Å². The number of nitrogens with one attached hydrogen (secondary N) is 2. The summed E-state index contributed by atoms with van der Waals surface area (Å²) in [6.07, 6.45) is 2.81. The van der Waals surface area contributed by atoms with Crippen molar-refractivity contribution in [3.05, 3.63) is 60.3 Å². The second-order valence-electron chi connectivity index (χ2n) is 5.26. The molecular weight excluding hydrogens is 274 g/mol. The molecule has 2 amide bonds. The minimum absolute atomic E-state index is 0.225. The van der Waals surface area contributed by atoms with Gasteiger partial charge in [-0.3, -0.25) is 0 Å². The fourth-order valence-electron chi connectivity index (χ4n) is 2.67. The predicted octanol–water partition coefficient (Wildman–Crippen LogP) is 4.38. The monoisotopic (exact) mass is 293 g/mol. The first-order valence-electron chi connectivity index (χ1n) is 7.39. The molecule has 0 radical (unpaired) electrons. The maximum absolute atomic E-state index is 12.3. The molecule has 0 saturated heterocycles. The van der Waals surface area contributed by atoms with Crippen molar-refractivity contribution < 1.29 is 4.79 Å². The van der Waals surface area contributed by atoms with Crippen molar-refractivity contribution >= 4 is 28.3 Å². The number of aromatic nitrogens is 1. The number of amides is 2. The van der Waals surface area contributed by atoms with E-state index in [0.29, 0.717) is 0 Å². The Morgan fingerprint density at radius 2 is 1.68 bits per heavy atom. The van der Waals surface area contributed by atoms with E-state index in [1.807, 2.05) is 66.3 Å². The number of fused-ring (bicyclic) bond motifs is 1. The van der Waals surface area contributed by atoms with Crippen LogP contribution in [0.25, 0.3) is 10.9 Å². The first kappa shape index (κ1) is 14.2. The molecule has 2 N–H and O–H groups in total. The van der Waals surface area contributed by atoms with E-state index in [1.165, 1.54) is 0 Å². The van der Waals surface area contributed by atoms with Gasteiger partial charge in [0.15, 0.2) is 0 Å². The highest BCUT2D eigenvalue weighted by atomic mass is 16.2. The van der Waals surface area contributed by atoms with E-state index in [9.17, 15) is 4.79 Å². The Balaban J connectivity index is 1.82. The highest BCUT2D eigenvalue weighted by Gasteiger charge is 2.10. The molecule has 0 aliphatic rings. The number of aryl methyl sites for hydroxylation is 2. The van der Waals surface area contributed by atoms with Gasteiger partial charge in [-0.25, -0.2) is 4.79 Å². The third-order valence-corrected chi connectivity index (χ3v) is 3.79. The first-order valence-corrected chi connectivity index (χ1v) is 7.39. The fourth-order valence-corrected chi connectivity index (χ4v) is 2.67. The van der Waals surface area contributed by atoms with Crippen LogP contribution in [-0.4, -0.2) is 10.6 Å². The molecule has 3 rings (SSSR count). The molecule has 0 bridgehead atoms. The van der Waals surface area contributed by atoms with E-state index in [0.717, 1.165) is 34.3 Å². The molecule has 0 spiro atoms. The van der Waals surface area contributed by atoms with Gasteiger partial charge in [0.25, 0.3) is 0 Å². The molecule has 0 unspecified atom stereocenters. The number of urea groups is 1. The molecule has 1 aromatic heterocycles. The molecular formula is C18H19N3O. The van der Waals surface area contributed by atoms with Crippen LogP contribution in [0.1, 0.15) is 12.5 Å². The van der Waals surface area contributed by atoms with Crippen LogP contribution in [0.2, 0.25) is 0 Å².